The minimum Gasteiger partial charge on any atom is -0.497 e. The number of aliphatic imine (C=N–C) groups is 2. The molecule has 1 heterocycles. The number of ether oxygens (including phenoxy) is 1. The molecule has 0 atom stereocenters. The maximum atomic E-state index is 12.7. The highest BCUT2D eigenvalue weighted by molar-refractivity contribution is 6.31. The van der Waals surface area contributed by atoms with Gasteiger partial charge in [0.25, 0.3) is 0 Å². The number of pyridine rings is 1. The van der Waals surface area contributed by atoms with Crippen molar-refractivity contribution in [2.45, 2.75) is 19.5 Å². The van der Waals surface area contributed by atoms with E-state index in [2.05, 4.69) is 57.9 Å². The van der Waals surface area contributed by atoms with E-state index in [0.29, 0.717) is 23.9 Å². The van der Waals surface area contributed by atoms with Crippen LogP contribution in [-0.4, -0.2) is 24.5 Å². The maximum absolute atomic E-state index is 12.7. The summed E-state index contributed by atoms with van der Waals surface area (Å²) in [5, 5.41) is 3.26. The quantitative estimate of drug-likeness (QED) is 0.344. The van der Waals surface area contributed by atoms with Crippen molar-refractivity contribution in [3.05, 3.63) is 125 Å². The SMILES string of the molecule is C=NC(=C)NCc1ccc(F)cc1Cl.COc1cccc(C2=CCC(=NCc3cccnc3)C=C2)c1. The Balaban J connectivity index is 0.000000223. The second-order valence-electron chi connectivity index (χ2n) is 7.79. The molecular formula is C29H28ClFN4O. The average Bonchev–Trinajstić information content (AvgIpc) is 2.92. The summed E-state index contributed by atoms with van der Waals surface area (Å²) in [6.07, 6.45) is 10.9. The Bertz CT molecular complexity index is 1290. The zero-order chi connectivity index (χ0) is 25.8. The Morgan fingerprint density at radius 3 is 2.69 bits per heavy atom. The minimum atomic E-state index is -0.348. The molecule has 1 aromatic heterocycles. The molecular weight excluding hydrogens is 475 g/mol. The Morgan fingerprint density at radius 1 is 1.17 bits per heavy atom. The molecule has 0 bridgehead atoms. The Morgan fingerprint density at radius 2 is 2.03 bits per heavy atom. The van der Waals surface area contributed by atoms with Gasteiger partial charge in [-0.1, -0.05) is 54.6 Å². The van der Waals surface area contributed by atoms with Gasteiger partial charge >= 0.3 is 0 Å². The van der Waals surface area contributed by atoms with Gasteiger partial charge in [0.1, 0.15) is 17.4 Å². The van der Waals surface area contributed by atoms with E-state index < -0.39 is 0 Å². The van der Waals surface area contributed by atoms with Gasteiger partial charge in [-0.15, -0.1) is 0 Å². The van der Waals surface area contributed by atoms with Gasteiger partial charge in [0.05, 0.1) is 13.7 Å². The number of hydrogen-bond donors (Lipinski definition) is 1. The number of aromatic nitrogens is 1. The molecule has 2 aromatic carbocycles. The number of nitrogens with zero attached hydrogens (tertiary/aromatic N) is 3. The number of allylic oxidation sites excluding steroid dienone is 4. The first-order chi connectivity index (χ1) is 17.5. The van der Waals surface area contributed by atoms with E-state index in [1.165, 1.54) is 23.3 Å². The first-order valence-electron chi connectivity index (χ1n) is 11.3. The fourth-order valence-electron chi connectivity index (χ4n) is 3.27. The lowest BCUT2D eigenvalue weighted by Gasteiger charge is -2.10. The van der Waals surface area contributed by atoms with E-state index in [4.69, 9.17) is 16.3 Å². The van der Waals surface area contributed by atoms with Gasteiger partial charge in [0.2, 0.25) is 0 Å². The molecule has 0 spiro atoms. The van der Waals surface area contributed by atoms with Crippen LogP contribution in [0.25, 0.3) is 5.57 Å². The maximum Gasteiger partial charge on any atom is 0.124 e. The fraction of sp³-hybridized carbons (Fsp3) is 0.138. The van der Waals surface area contributed by atoms with E-state index in [1.807, 2.05) is 36.5 Å². The van der Waals surface area contributed by atoms with Gasteiger partial charge in [-0.3, -0.25) is 9.98 Å². The lowest BCUT2D eigenvalue weighted by atomic mass is 9.98. The van der Waals surface area contributed by atoms with Crippen molar-refractivity contribution in [3.63, 3.8) is 0 Å². The summed E-state index contributed by atoms with van der Waals surface area (Å²) in [5.41, 5.74) is 5.39. The summed E-state index contributed by atoms with van der Waals surface area (Å²) in [6, 6.07) is 16.3. The summed E-state index contributed by atoms with van der Waals surface area (Å²) in [5.74, 6) is 0.993. The molecule has 0 saturated carbocycles. The van der Waals surface area contributed by atoms with Crippen LogP contribution in [0.1, 0.15) is 23.1 Å². The van der Waals surface area contributed by atoms with Gasteiger partial charge in [-0.2, -0.15) is 0 Å². The molecule has 7 heteroatoms. The van der Waals surface area contributed by atoms with Crippen LogP contribution in [0.3, 0.4) is 0 Å². The lowest BCUT2D eigenvalue weighted by Crippen LogP contribution is -2.10. The van der Waals surface area contributed by atoms with Crippen molar-refractivity contribution in [1.82, 2.24) is 10.3 Å². The highest BCUT2D eigenvalue weighted by Gasteiger charge is 2.06. The predicted molar refractivity (Wildman–Crippen MR) is 147 cm³/mol. The number of hydrogen-bond acceptors (Lipinski definition) is 5. The summed E-state index contributed by atoms with van der Waals surface area (Å²) in [7, 11) is 1.69. The van der Waals surface area contributed by atoms with Gasteiger partial charge in [0, 0.05) is 36.1 Å². The van der Waals surface area contributed by atoms with Crippen LogP contribution in [-0.2, 0) is 13.1 Å². The molecule has 0 amide bonds. The van der Waals surface area contributed by atoms with Gasteiger partial charge in [0.15, 0.2) is 0 Å². The van der Waals surface area contributed by atoms with Gasteiger partial charge < -0.3 is 10.1 Å². The zero-order valence-corrected chi connectivity index (χ0v) is 20.9. The average molecular weight is 503 g/mol. The third-order valence-electron chi connectivity index (χ3n) is 5.27. The van der Waals surface area contributed by atoms with Crippen LogP contribution in [0.2, 0.25) is 5.02 Å². The molecule has 0 unspecified atom stereocenters. The van der Waals surface area contributed by atoms with Crippen molar-refractivity contribution < 1.29 is 9.13 Å². The summed E-state index contributed by atoms with van der Waals surface area (Å²) < 4.78 is 17.9. The highest BCUT2D eigenvalue weighted by Crippen LogP contribution is 2.24. The largest absolute Gasteiger partial charge is 0.497 e. The number of methoxy groups -OCH3 is 1. The topological polar surface area (TPSA) is 58.9 Å². The molecule has 3 aromatic rings. The van der Waals surface area contributed by atoms with Crippen LogP contribution in [0.4, 0.5) is 4.39 Å². The zero-order valence-electron chi connectivity index (χ0n) is 20.1. The second kappa shape index (κ2) is 13.8. The molecule has 0 radical (unpaired) electrons. The first kappa shape index (κ1) is 26.6. The van der Waals surface area contributed by atoms with Gasteiger partial charge in [-0.25, -0.2) is 9.38 Å². The lowest BCUT2D eigenvalue weighted by molar-refractivity contribution is 0.414. The van der Waals surface area contributed by atoms with Crippen molar-refractivity contribution in [3.8, 4) is 5.75 Å². The fourth-order valence-corrected chi connectivity index (χ4v) is 3.51. The predicted octanol–water partition coefficient (Wildman–Crippen LogP) is 6.82. The van der Waals surface area contributed by atoms with E-state index in [0.717, 1.165) is 29.0 Å². The number of halogens is 2. The molecule has 1 N–H and O–H groups in total. The van der Waals surface area contributed by atoms with Crippen LogP contribution in [0.15, 0.2) is 108 Å². The molecule has 184 valence electrons. The molecule has 1 aliphatic rings. The smallest absolute Gasteiger partial charge is 0.124 e. The summed E-state index contributed by atoms with van der Waals surface area (Å²) in [4.78, 5) is 12.3. The number of nitrogens with one attached hydrogen (secondary N) is 1. The van der Waals surface area contributed by atoms with E-state index in [9.17, 15) is 4.39 Å². The second-order valence-corrected chi connectivity index (χ2v) is 8.20. The Hall–Kier alpha value is -4.03. The van der Waals surface area contributed by atoms with Gasteiger partial charge in [-0.05, 0) is 65.4 Å². The number of benzene rings is 2. The molecule has 0 fully saturated rings. The van der Waals surface area contributed by atoms with E-state index >= 15 is 0 Å². The number of rotatable bonds is 8. The van der Waals surface area contributed by atoms with Crippen molar-refractivity contribution in [1.29, 1.82) is 0 Å². The van der Waals surface area contributed by atoms with Crippen molar-refractivity contribution >= 4 is 29.6 Å². The van der Waals surface area contributed by atoms with E-state index in [1.54, 1.807) is 19.4 Å². The van der Waals surface area contributed by atoms with Crippen LogP contribution < -0.4 is 10.1 Å². The Kier molecular flexibility index (Phi) is 10.2. The molecule has 36 heavy (non-hydrogen) atoms. The normalized spacial score (nSPS) is 13.3. The molecule has 0 saturated heterocycles. The highest BCUT2D eigenvalue weighted by atomic mass is 35.5. The third-order valence-corrected chi connectivity index (χ3v) is 5.62. The molecule has 1 aliphatic carbocycles. The first-order valence-corrected chi connectivity index (χ1v) is 11.6. The summed E-state index contributed by atoms with van der Waals surface area (Å²) >= 11 is 5.80. The Labute approximate surface area is 216 Å². The monoisotopic (exact) mass is 502 g/mol. The van der Waals surface area contributed by atoms with Crippen molar-refractivity contribution in [2.24, 2.45) is 9.98 Å². The van der Waals surface area contributed by atoms with Crippen LogP contribution >= 0.6 is 11.6 Å². The summed E-state index contributed by atoms with van der Waals surface area (Å²) in [6.45, 7) is 8.01. The minimum absolute atomic E-state index is 0.348. The van der Waals surface area contributed by atoms with Crippen molar-refractivity contribution in [2.75, 3.05) is 7.11 Å². The van der Waals surface area contributed by atoms with E-state index in [-0.39, 0.29) is 5.82 Å². The van der Waals surface area contributed by atoms with Crippen LogP contribution in [0, 0.1) is 5.82 Å². The van der Waals surface area contributed by atoms with Crippen LogP contribution in [0.5, 0.6) is 5.75 Å². The standard InChI is InChI=1S/C19H18N2O.C10H10ClFN2/c1-22-19-6-2-5-17(12-19)16-7-9-18(10-8-16)21-14-15-4-3-11-20-13-15;1-7(13-2)14-6-8-3-4-9(12)5-10(8)11/h2-9,11-13H,10,14H2,1H3;3-5,14H,1-2,6H2. The molecule has 5 nitrogen and oxygen atoms in total. The molecule has 0 aliphatic heterocycles. The molecule has 4 rings (SSSR count). The third kappa shape index (κ3) is 8.32.